The molecule has 0 aliphatic carbocycles. The molecule has 1 amide bonds. The van der Waals surface area contributed by atoms with Gasteiger partial charge < -0.3 is 20.3 Å². The average molecular weight is 405 g/mol. The van der Waals surface area contributed by atoms with Crippen LogP contribution in [0.4, 0.5) is 10.5 Å². The van der Waals surface area contributed by atoms with Crippen LogP contribution in [0.15, 0.2) is 22.7 Å². The van der Waals surface area contributed by atoms with Gasteiger partial charge in [-0.15, -0.1) is 0 Å². The van der Waals surface area contributed by atoms with E-state index in [1.807, 2.05) is 0 Å². The van der Waals surface area contributed by atoms with Gasteiger partial charge in [-0.25, -0.2) is 4.79 Å². The van der Waals surface area contributed by atoms with Crippen LogP contribution in [-0.2, 0) is 4.74 Å². The first-order chi connectivity index (χ1) is 11.0. The summed E-state index contributed by atoms with van der Waals surface area (Å²) in [6.07, 6.45) is -3.36. The highest BCUT2D eigenvalue weighted by Gasteiger charge is 2.26. The molecule has 0 heterocycles. The van der Waals surface area contributed by atoms with Crippen molar-refractivity contribution >= 4 is 27.7 Å². The van der Waals surface area contributed by atoms with Crippen molar-refractivity contribution in [3.63, 3.8) is 0 Å². The number of nitro benzene ring substituents is 1. The standard InChI is InChI=1S/C15H21BrN2O6/c1-15(2,3)24-14(21)17-7-6-12(19)13(20)10-5-4-9(16)8-11(10)18(22)23/h4-5,8,12-13,19-20H,6-7H2,1-3H3,(H,17,21). The molecule has 2 atom stereocenters. The van der Waals surface area contributed by atoms with Gasteiger partial charge >= 0.3 is 6.09 Å². The van der Waals surface area contributed by atoms with E-state index in [9.17, 15) is 25.1 Å². The lowest BCUT2D eigenvalue weighted by Gasteiger charge is -2.21. The molecule has 134 valence electrons. The van der Waals surface area contributed by atoms with Crippen molar-refractivity contribution in [2.45, 2.75) is 45.0 Å². The van der Waals surface area contributed by atoms with E-state index in [0.717, 1.165) is 0 Å². The molecular weight excluding hydrogens is 384 g/mol. The third-order valence-corrected chi connectivity index (χ3v) is 3.47. The van der Waals surface area contributed by atoms with Crippen molar-refractivity contribution in [3.8, 4) is 0 Å². The van der Waals surface area contributed by atoms with Crippen LogP contribution < -0.4 is 5.32 Å². The monoisotopic (exact) mass is 404 g/mol. The lowest BCUT2D eigenvalue weighted by Crippen LogP contribution is -2.34. The fourth-order valence-corrected chi connectivity index (χ4v) is 2.28. The van der Waals surface area contributed by atoms with Crippen LogP contribution in [0.5, 0.6) is 0 Å². The Hall–Kier alpha value is -1.71. The van der Waals surface area contributed by atoms with E-state index in [2.05, 4.69) is 21.2 Å². The normalized spacial score (nSPS) is 13.9. The number of benzene rings is 1. The second-order valence-corrected chi connectivity index (χ2v) is 7.11. The minimum absolute atomic E-state index is 0.00738. The van der Waals surface area contributed by atoms with E-state index in [1.165, 1.54) is 18.2 Å². The number of nitro groups is 1. The van der Waals surface area contributed by atoms with E-state index in [1.54, 1.807) is 20.8 Å². The van der Waals surface area contributed by atoms with Crippen LogP contribution >= 0.6 is 15.9 Å². The Labute approximate surface area is 148 Å². The van der Waals surface area contributed by atoms with Crippen LogP contribution in [-0.4, -0.2) is 39.5 Å². The number of halogens is 1. The minimum Gasteiger partial charge on any atom is -0.444 e. The Morgan fingerprint density at radius 2 is 2.04 bits per heavy atom. The molecule has 24 heavy (non-hydrogen) atoms. The SMILES string of the molecule is CC(C)(C)OC(=O)NCCC(O)C(O)c1ccc(Br)cc1[N+](=O)[O-]. The van der Waals surface area contributed by atoms with Gasteiger partial charge in [0, 0.05) is 17.1 Å². The highest BCUT2D eigenvalue weighted by atomic mass is 79.9. The number of alkyl carbamates (subject to hydrolysis) is 1. The molecule has 0 aliphatic heterocycles. The number of hydrogen-bond donors (Lipinski definition) is 3. The number of ether oxygens (including phenoxy) is 1. The Bertz CT molecular complexity index is 602. The maximum atomic E-state index is 11.5. The lowest BCUT2D eigenvalue weighted by atomic mass is 10.0. The van der Waals surface area contributed by atoms with Gasteiger partial charge in [0.1, 0.15) is 11.7 Å². The van der Waals surface area contributed by atoms with Crippen LogP contribution in [0.1, 0.15) is 38.9 Å². The Balaban J connectivity index is 2.64. The number of carbonyl (C=O) groups is 1. The number of rotatable bonds is 6. The summed E-state index contributed by atoms with van der Waals surface area (Å²) in [6.45, 7) is 5.21. The van der Waals surface area contributed by atoms with Crippen LogP contribution in [0.2, 0.25) is 0 Å². The summed E-state index contributed by atoms with van der Waals surface area (Å²) in [5, 5.41) is 33.7. The summed E-state index contributed by atoms with van der Waals surface area (Å²) in [7, 11) is 0. The van der Waals surface area contributed by atoms with Crippen LogP contribution in [0.3, 0.4) is 0 Å². The van der Waals surface area contributed by atoms with Crippen LogP contribution in [0, 0.1) is 10.1 Å². The van der Waals surface area contributed by atoms with Gasteiger partial charge in [0.2, 0.25) is 0 Å². The molecule has 0 saturated carbocycles. The predicted octanol–water partition coefficient (Wildman–Crippen LogP) is 2.67. The van der Waals surface area contributed by atoms with Gasteiger partial charge in [-0.05, 0) is 39.3 Å². The zero-order chi connectivity index (χ0) is 18.5. The van der Waals surface area contributed by atoms with E-state index < -0.39 is 28.8 Å². The predicted molar refractivity (Wildman–Crippen MR) is 90.6 cm³/mol. The van der Waals surface area contributed by atoms with Gasteiger partial charge in [0.05, 0.1) is 16.6 Å². The molecule has 0 fully saturated rings. The maximum absolute atomic E-state index is 11.5. The highest BCUT2D eigenvalue weighted by molar-refractivity contribution is 9.10. The molecule has 0 saturated heterocycles. The molecule has 2 unspecified atom stereocenters. The first-order valence-electron chi connectivity index (χ1n) is 7.28. The summed E-state index contributed by atoms with van der Waals surface area (Å²) in [6, 6.07) is 4.17. The van der Waals surface area contributed by atoms with Crippen molar-refractivity contribution in [3.05, 3.63) is 38.3 Å². The third kappa shape index (κ3) is 6.42. The molecule has 3 N–H and O–H groups in total. The number of aliphatic hydroxyl groups excluding tert-OH is 2. The number of hydrogen-bond acceptors (Lipinski definition) is 6. The molecule has 9 heteroatoms. The second-order valence-electron chi connectivity index (χ2n) is 6.19. The molecule has 0 radical (unpaired) electrons. The topological polar surface area (TPSA) is 122 Å². The number of nitrogens with one attached hydrogen (secondary N) is 1. The van der Waals surface area contributed by atoms with E-state index in [0.29, 0.717) is 4.47 Å². The maximum Gasteiger partial charge on any atom is 0.407 e. The molecule has 1 aromatic rings. The summed E-state index contributed by atoms with van der Waals surface area (Å²) in [5.74, 6) is 0. The lowest BCUT2D eigenvalue weighted by molar-refractivity contribution is -0.386. The van der Waals surface area contributed by atoms with Gasteiger partial charge in [-0.2, -0.15) is 0 Å². The third-order valence-electron chi connectivity index (χ3n) is 2.98. The molecule has 1 aromatic carbocycles. The van der Waals surface area contributed by atoms with E-state index in [-0.39, 0.29) is 24.2 Å². The summed E-state index contributed by atoms with van der Waals surface area (Å²) < 4.78 is 5.53. The second kappa shape index (κ2) is 8.41. The van der Waals surface area contributed by atoms with Gasteiger partial charge in [-0.1, -0.05) is 15.9 Å². The summed E-state index contributed by atoms with van der Waals surface area (Å²) >= 11 is 3.12. The number of carbonyl (C=O) groups excluding carboxylic acids is 1. The summed E-state index contributed by atoms with van der Waals surface area (Å²) in [4.78, 5) is 21.9. The van der Waals surface area contributed by atoms with Crippen molar-refractivity contribution < 1.29 is 24.7 Å². The quantitative estimate of drug-likeness (QED) is 0.494. The fraction of sp³-hybridized carbons (Fsp3) is 0.533. The van der Waals surface area contributed by atoms with Crippen molar-refractivity contribution in [2.24, 2.45) is 0 Å². The number of nitrogens with zero attached hydrogens (tertiary/aromatic N) is 1. The van der Waals surface area contributed by atoms with Crippen molar-refractivity contribution in [1.29, 1.82) is 0 Å². The van der Waals surface area contributed by atoms with E-state index >= 15 is 0 Å². The number of amides is 1. The highest BCUT2D eigenvalue weighted by Crippen LogP contribution is 2.30. The first-order valence-corrected chi connectivity index (χ1v) is 8.07. The molecular formula is C15H21BrN2O6. The first kappa shape index (κ1) is 20.3. The van der Waals surface area contributed by atoms with Crippen molar-refractivity contribution in [1.82, 2.24) is 5.32 Å². The zero-order valence-corrected chi connectivity index (χ0v) is 15.2. The molecule has 0 bridgehead atoms. The Morgan fingerprint density at radius 1 is 1.42 bits per heavy atom. The fourth-order valence-electron chi connectivity index (χ4n) is 1.93. The van der Waals surface area contributed by atoms with Crippen molar-refractivity contribution in [2.75, 3.05) is 6.54 Å². The Kier molecular flexibility index (Phi) is 7.12. The largest absolute Gasteiger partial charge is 0.444 e. The van der Waals surface area contributed by atoms with Gasteiger partial charge in [0.25, 0.3) is 5.69 Å². The molecule has 0 aromatic heterocycles. The van der Waals surface area contributed by atoms with Gasteiger partial charge in [0.15, 0.2) is 0 Å². The minimum atomic E-state index is -1.45. The molecule has 0 aliphatic rings. The van der Waals surface area contributed by atoms with Gasteiger partial charge in [-0.3, -0.25) is 10.1 Å². The number of aliphatic hydroxyl groups is 2. The molecule has 1 rings (SSSR count). The van der Waals surface area contributed by atoms with Crippen LogP contribution in [0.25, 0.3) is 0 Å². The molecule has 8 nitrogen and oxygen atoms in total. The zero-order valence-electron chi connectivity index (χ0n) is 13.7. The summed E-state index contributed by atoms with van der Waals surface area (Å²) in [5.41, 5.74) is -0.927. The van der Waals surface area contributed by atoms with E-state index in [4.69, 9.17) is 4.74 Å². The molecule has 0 spiro atoms. The smallest absolute Gasteiger partial charge is 0.407 e. The Morgan fingerprint density at radius 3 is 2.58 bits per heavy atom. The average Bonchev–Trinajstić information content (AvgIpc) is 2.44.